The zero-order valence-electron chi connectivity index (χ0n) is 13.4. The summed E-state index contributed by atoms with van der Waals surface area (Å²) in [6.07, 6.45) is 0.335. The van der Waals surface area contributed by atoms with Crippen LogP contribution in [0.15, 0.2) is 48.5 Å². The quantitative estimate of drug-likeness (QED) is 0.677. The van der Waals surface area contributed by atoms with Gasteiger partial charge in [0, 0.05) is 23.9 Å². The number of aromatic amines is 1. The number of carbonyl (C=O) groups is 1. The lowest BCUT2D eigenvalue weighted by atomic mass is 10.2. The van der Waals surface area contributed by atoms with Crippen molar-refractivity contribution < 1.29 is 9.53 Å². The number of anilines is 1. The van der Waals surface area contributed by atoms with E-state index in [0.717, 1.165) is 28.9 Å². The molecular formula is C19H19N3O2. The Morgan fingerprint density at radius 1 is 1.21 bits per heavy atom. The van der Waals surface area contributed by atoms with E-state index in [4.69, 9.17) is 4.74 Å². The van der Waals surface area contributed by atoms with Crippen molar-refractivity contribution >= 4 is 22.5 Å². The van der Waals surface area contributed by atoms with Gasteiger partial charge < -0.3 is 20.4 Å². The van der Waals surface area contributed by atoms with Crippen molar-refractivity contribution in [3.63, 3.8) is 0 Å². The lowest BCUT2D eigenvalue weighted by Gasteiger charge is -2.17. The lowest BCUT2D eigenvalue weighted by Crippen LogP contribution is -2.39. The number of H-pyrrole nitrogens is 1. The largest absolute Gasteiger partial charge is 0.468 e. The van der Waals surface area contributed by atoms with Crippen LogP contribution >= 0.6 is 0 Å². The predicted octanol–water partition coefficient (Wildman–Crippen LogP) is 3.43. The van der Waals surface area contributed by atoms with Gasteiger partial charge in [0.05, 0.1) is 5.69 Å². The summed E-state index contributed by atoms with van der Waals surface area (Å²) >= 11 is 0. The van der Waals surface area contributed by atoms with Gasteiger partial charge in [0.2, 0.25) is 0 Å². The van der Waals surface area contributed by atoms with Gasteiger partial charge in [-0.25, -0.2) is 0 Å². The number of aryl methyl sites for hydroxylation is 1. The third-order valence-corrected chi connectivity index (χ3v) is 4.19. The van der Waals surface area contributed by atoms with E-state index in [1.807, 2.05) is 49.4 Å². The molecule has 5 heteroatoms. The van der Waals surface area contributed by atoms with Crippen LogP contribution in [0.5, 0.6) is 5.75 Å². The Labute approximate surface area is 140 Å². The molecule has 3 N–H and O–H groups in total. The van der Waals surface area contributed by atoms with Gasteiger partial charge in [-0.1, -0.05) is 23.8 Å². The van der Waals surface area contributed by atoms with Gasteiger partial charge in [-0.3, -0.25) is 4.79 Å². The molecule has 0 saturated carbocycles. The number of rotatable bonds is 2. The fraction of sp³-hybridized carbons (Fsp3) is 0.211. The first kappa shape index (κ1) is 14.6. The Bertz CT molecular complexity index is 901. The number of nitrogens with one attached hydrogen (secondary N) is 3. The van der Waals surface area contributed by atoms with Crippen LogP contribution in [-0.4, -0.2) is 23.7 Å². The van der Waals surface area contributed by atoms with Crippen LogP contribution in [0.2, 0.25) is 0 Å². The van der Waals surface area contributed by atoms with Crippen LogP contribution in [0, 0.1) is 6.92 Å². The molecule has 1 aliphatic rings. The van der Waals surface area contributed by atoms with Crippen LogP contribution in [-0.2, 0) is 0 Å². The summed E-state index contributed by atoms with van der Waals surface area (Å²) in [5.74, 6) is 0.598. The zero-order chi connectivity index (χ0) is 16.5. The van der Waals surface area contributed by atoms with Crippen molar-refractivity contribution in [2.75, 3.05) is 11.9 Å². The van der Waals surface area contributed by atoms with Crippen molar-refractivity contribution in [3.05, 3.63) is 59.8 Å². The molecule has 0 radical (unpaired) electrons. The number of para-hydroxylation sites is 2. The normalized spacial score (nSPS) is 16.6. The fourth-order valence-electron chi connectivity index (χ4n) is 2.97. The molecule has 1 amide bonds. The zero-order valence-corrected chi connectivity index (χ0v) is 13.4. The summed E-state index contributed by atoms with van der Waals surface area (Å²) in [6, 6.07) is 15.7. The van der Waals surface area contributed by atoms with Crippen LogP contribution in [0.3, 0.4) is 0 Å². The first-order valence-corrected chi connectivity index (χ1v) is 8.09. The minimum absolute atomic E-state index is 0.159. The number of carbonyl (C=O) groups excluding carboxylic acids is 1. The summed E-state index contributed by atoms with van der Waals surface area (Å²) in [5, 5.41) is 7.31. The number of hydrogen-bond acceptors (Lipinski definition) is 3. The molecule has 2 aromatic carbocycles. The molecule has 0 spiro atoms. The van der Waals surface area contributed by atoms with Crippen LogP contribution in [0.4, 0.5) is 5.69 Å². The highest BCUT2D eigenvalue weighted by molar-refractivity contribution is 5.98. The summed E-state index contributed by atoms with van der Waals surface area (Å²) in [5.41, 5.74) is 3.63. The molecule has 5 nitrogen and oxygen atoms in total. The Morgan fingerprint density at radius 3 is 3.00 bits per heavy atom. The van der Waals surface area contributed by atoms with Gasteiger partial charge >= 0.3 is 0 Å². The molecule has 0 aliphatic carbocycles. The molecule has 122 valence electrons. The van der Waals surface area contributed by atoms with Crippen molar-refractivity contribution in [3.8, 4) is 5.75 Å². The third kappa shape index (κ3) is 2.80. The van der Waals surface area contributed by atoms with Crippen LogP contribution in [0.25, 0.3) is 10.9 Å². The second-order valence-corrected chi connectivity index (χ2v) is 6.07. The number of amides is 1. The Kier molecular flexibility index (Phi) is 3.61. The van der Waals surface area contributed by atoms with E-state index in [1.165, 1.54) is 5.56 Å². The van der Waals surface area contributed by atoms with E-state index in [0.29, 0.717) is 12.1 Å². The Morgan fingerprint density at radius 2 is 2.08 bits per heavy atom. The molecule has 3 aromatic rings. The minimum atomic E-state index is -0.359. The second kappa shape index (κ2) is 5.92. The summed E-state index contributed by atoms with van der Waals surface area (Å²) in [4.78, 5) is 15.7. The number of aromatic nitrogens is 1. The highest BCUT2D eigenvalue weighted by Gasteiger charge is 2.20. The van der Waals surface area contributed by atoms with Gasteiger partial charge in [-0.15, -0.1) is 0 Å². The van der Waals surface area contributed by atoms with E-state index < -0.39 is 0 Å². The topological polar surface area (TPSA) is 66.2 Å². The molecule has 0 fully saturated rings. The van der Waals surface area contributed by atoms with Gasteiger partial charge in [-0.05, 0) is 37.3 Å². The molecule has 1 aromatic heterocycles. The summed E-state index contributed by atoms with van der Waals surface area (Å²) in [6.45, 7) is 2.78. The van der Waals surface area contributed by atoms with Crippen LogP contribution < -0.4 is 15.4 Å². The van der Waals surface area contributed by atoms with Crippen molar-refractivity contribution in [1.82, 2.24) is 10.3 Å². The molecule has 2 heterocycles. The number of ether oxygens (including phenoxy) is 1. The molecule has 4 rings (SSSR count). The van der Waals surface area contributed by atoms with E-state index in [1.54, 1.807) is 0 Å². The number of hydrogen-bond donors (Lipinski definition) is 3. The van der Waals surface area contributed by atoms with Crippen molar-refractivity contribution in [2.24, 2.45) is 0 Å². The molecule has 1 unspecified atom stereocenters. The lowest BCUT2D eigenvalue weighted by molar-refractivity contribution is 0.0822. The van der Waals surface area contributed by atoms with Gasteiger partial charge in [0.15, 0.2) is 6.23 Å². The first-order chi connectivity index (χ1) is 11.7. The van der Waals surface area contributed by atoms with Crippen LogP contribution in [0.1, 0.15) is 22.5 Å². The Balaban J connectivity index is 1.52. The average molecular weight is 321 g/mol. The highest BCUT2D eigenvalue weighted by atomic mass is 16.5. The molecule has 0 bridgehead atoms. The van der Waals surface area contributed by atoms with Gasteiger partial charge in [0.25, 0.3) is 5.91 Å². The predicted molar refractivity (Wildman–Crippen MR) is 94.5 cm³/mol. The standard InChI is InChI=1S/C19H19N3O2/c1-12-6-7-14-13(10-12)11-16(21-14)19(23)22-18-8-9-20-15-4-2-3-5-17(15)24-18/h2-7,10-11,18,20-21H,8-9H2,1H3,(H,22,23). The molecule has 1 aliphatic heterocycles. The van der Waals surface area contributed by atoms with E-state index >= 15 is 0 Å². The minimum Gasteiger partial charge on any atom is -0.468 e. The fourth-order valence-corrected chi connectivity index (χ4v) is 2.97. The molecule has 1 atom stereocenters. The first-order valence-electron chi connectivity index (χ1n) is 8.09. The molecular weight excluding hydrogens is 302 g/mol. The monoisotopic (exact) mass is 321 g/mol. The second-order valence-electron chi connectivity index (χ2n) is 6.07. The van der Waals surface area contributed by atoms with E-state index in [-0.39, 0.29) is 12.1 Å². The van der Waals surface area contributed by atoms with Crippen molar-refractivity contribution in [2.45, 2.75) is 19.6 Å². The third-order valence-electron chi connectivity index (χ3n) is 4.19. The van der Waals surface area contributed by atoms with E-state index in [9.17, 15) is 4.79 Å². The number of benzene rings is 2. The van der Waals surface area contributed by atoms with Gasteiger partial charge in [-0.2, -0.15) is 0 Å². The highest BCUT2D eigenvalue weighted by Crippen LogP contribution is 2.27. The Hall–Kier alpha value is -2.95. The SMILES string of the molecule is Cc1ccc2[nH]c(C(=O)NC3CCNc4ccccc4O3)cc2c1. The number of fused-ring (bicyclic) bond motifs is 2. The molecule has 0 saturated heterocycles. The van der Waals surface area contributed by atoms with Crippen molar-refractivity contribution in [1.29, 1.82) is 0 Å². The maximum absolute atomic E-state index is 12.5. The maximum atomic E-state index is 12.5. The van der Waals surface area contributed by atoms with Gasteiger partial charge in [0.1, 0.15) is 11.4 Å². The smallest absolute Gasteiger partial charge is 0.270 e. The average Bonchev–Trinajstić information content (AvgIpc) is 2.88. The molecule has 24 heavy (non-hydrogen) atoms. The summed E-state index contributed by atoms with van der Waals surface area (Å²) in [7, 11) is 0. The van der Waals surface area contributed by atoms with E-state index in [2.05, 4.69) is 21.7 Å². The summed E-state index contributed by atoms with van der Waals surface area (Å²) < 4.78 is 5.93. The maximum Gasteiger partial charge on any atom is 0.270 e.